The molecule has 24 heavy (non-hydrogen) atoms. The van der Waals surface area contributed by atoms with Gasteiger partial charge in [-0.25, -0.2) is 0 Å². The minimum absolute atomic E-state index is 0.0114. The van der Waals surface area contributed by atoms with Crippen LogP contribution >= 0.6 is 0 Å². The molecule has 0 saturated carbocycles. The predicted molar refractivity (Wildman–Crippen MR) is 91.3 cm³/mol. The van der Waals surface area contributed by atoms with Gasteiger partial charge in [0, 0.05) is 38.8 Å². The second-order valence-electron chi connectivity index (χ2n) is 6.84. The van der Waals surface area contributed by atoms with Crippen molar-refractivity contribution in [2.45, 2.75) is 39.3 Å². The highest BCUT2D eigenvalue weighted by molar-refractivity contribution is 5.89. The molecule has 0 bridgehead atoms. The Morgan fingerprint density at radius 3 is 2.71 bits per heavy atom. The van der Waals surface area contributed by atoms with Crippen LogP contribution in [0.5, 0.6) is 0 Å². The fourth-order valence-electron chi connectivity index (χ4n) is 3.60. The molecule has 2 heterocycles. The Balaban J connectivity index is 1.63. The number of amides is 2. The fraction of sp³-hybridized carbons (Fsp3) is 0.579. The maximum Gasteiger partial charge on any atom is 0.245 e. The molecule has 2 aliphatic heterocycles. The quantitative estimate of drug-likeness (QED) is 0.851. The van der Waals surface area contributed by atoms with E-state index in [1.54, 1.807) is 4.90 Å². The average Bonchev–Trinajstić information content (AvgIpc) is 2.59. The molecule has 0 N–H and O–H groups in total. The van der Waals surface area contributed by atoms with Crippen LogP contribution in [-0.4, -0.2) is 54.0 Å². The Hall–Kier alpha value is -1.88. The molecule has 5 heteroatoms. The maximum atomic E-state index is 12.7. The molecule has 1 aromatic rings. The molecule has 2 fully saturated rings. The number of carbonyl (C=O) groups is 2. The first kappa shape index (κ1) is 17.0. The molecule has 5 nitrogen and oxygen atoms in total. The molecule has 0 radical (unpaired) electrons. The molecular formula is C19H26N2O3. The Morgan fingerprint density at radius 1 is 1.25 bits per heavy atom. The second kappa shape index (κ2) is 7.34. The molecule has 0 spiro atoms. The first-order valence-corrected chi connectivity index (χ1v) is 8.79. The Bertz CT molecular complexity index is 610. The van der Waals surface area contributed by atoms with Gasteiger partial charge in [0.2, 0.25) is 11.8 Å². The van der Waals surface area contributed by atoms with Crippen LogP contribution in [0.2, 0.25) is 0 Å². The smallest absolute Gasteiger partial charge is 0.245 e. The van der Waals surface area contributed by atoms with Crippen molar-refractivity contribution in [2.24, 2.45) is 5.92 Å². The lowest BCUT2D eigenvalue weighted by atomic mass is 9.97. The number of benzene rings is 1. The molecule has 130 valence electrons. The third-order valence-electron chi connectivity index (χ3n) is 5.06. The number of hydrogen-bond donors (Lipinski definition) is 0. The molecule has 2 aliphatic rings. The van der Waals surface area contributed by atoms with Crippen LogP contribution in [0.3, 0.4) is 0 Å². The highest BCUT2D eigenvalue weighted by atomic mass is 16.5. The van der Waals surface area contributed by atoms with Gasteiger partial charge in [-0.15, -0.1) is 0 Å². The first-order chi connectivity index (χ1) is 11.6. The van der Waals surface area contributed by atoms with Crippen molar-refractivity contribution >= 4 is 11.8 Å². The van der Waals surface area contributed by atoms with Crippen molar-refractivity contribution < 1.29 is 14.3 Å². The van der Waals surface area contributed by atoms with E-state index in [0.29, 0.717) is 32.8 Å². The Labute approximate surface area is 143 Å². The summed E-state index contributed by atoms with van der Waals surface area (Å²) >= 11 is 0. The van der Waals surface area contributed by atoms with E-state index >= 15 is 0 Å². The number of ether oxygens (including phenoxy) is 1. The Morgan fingerprint density at radius 2 is 2.00 bits per heavy atom. The molecule has 3 rings (SSSR count). The summed E-state index contributed by atoms with van der Waals surface area (Å²) in [5.74, 6) is 0.176. The van der Waals surface area contributed by atoms with Crippen LogP contribution in [-0.2, 0) is 20.9 Å². The zero-order valence-corrected chi connectivity index (χ0v) is 14.5. The summed E-state index contributed by atoms with van der Waals surface area (Å²) in [6.07, 6.45) is 1.53. The van der Waals surface area contributed by atoms with Crippen LogP contribution < -0.4 is 0 Å². The van der Waals surface area contributed by atoms with Crippen LogP contribution in [0.4, 0.5) is 0 Å². The second-order valence-corrected chi connectivity index (χ2v) is 6.84. The van der Waals surface area contributed by atoms with Crippen molar-refractivity contribution in [3.63, 3.8) is 0 Å². The normalized spacial score (nSPS) is 22.8. The van der Waals surface area contributed by atoms with E-state index < -0.39 is 0 Å². The molecule has 1 atom stereocenters. The van der Waals surface area contributed by atoms with Gasteiger partial charge in [-0.1, -0.05) is 29.8 Å². The van der Waals surface area contributed by atoms with E-state index in [0.717, 1.165) is 18.4 Å². The summed E-state index contributed by atoms with van der Waals surface area (Å²) in [7, 11) is 0. The number of rotatable bonds is 3. The third kappa shape index (κ3) is 3.61. The van der Waals surface area contributed by atoms with Gasteiger partial charge in [-0.3, -0.25) is 9.59 Å². The van der Waals surface area contributed by atoms with E-state index in [2.05, 4.69) is 19.1 Å². The van der Waals surface area contributed by atoms with Crippen molar-refractivity contribution in [3.8, 4) is 0 Å². The number of piperazine rings is 1. The van der Waals surface area contributed by atoms with Gasteiger partial charge < -0.3 is 14.5 Å². The highest BCUT2D eigenvalue weighted by Gasteiger charge is 2.37. The van der Waals surface area contributed by atoms with E-state index in [9.17, 15) is 9.59 Å². The topological polar surface area (TPSA) is 49.9 Å². The number of aryl methyl sites for hydroxylation is 1. The molecule has 0 aliphatic carbocycles. The number of hydrogen-bond acceptors (Lipinski definition) is 3. The number of nitrogens with zero attached hydrogens (tertiary/aromatic N) is 2. The van der Waals surface area contributed by atoms with E-state index in [-0.39, 0.29) is 23.8 Å². The van der Waals surface area contributed by atoms with E-state index in [1.807, 2.05) is 24.0 Å². The lowest BCUT2D eigenvalue weighted by molar-refractivity contribution is -0.154. The van der Waals surface area contributed by atoms with Crippen LogP contribution in [0.25, 0.3) is 0 Å². The van der Waals surface area contributed by atoms with Crippen molar-refractivity contribution in [1.29, 1.82) is 0 Å². The first-order valence-electron chi connectivity index (χ1n) is 8.79. The van der Waals surface area contributed by atoms with E-state index in [4.69, 9.17) is 4.74 Å². The molecular weight excluding hydrogens is 304 g/mol. The zero-order chi connectivity index (χ0) is 17.1. The summed E-state index contributed by atoms with van der Waals surface area (Å²) in [6.45, 7) is 7.03. The molecule has 0 aromatic heterocycles. The lowest BCUT2D eigenvalue weighted by Gasteiger charge is -2.41. The summed E-state index contributed by atoms with van der Waals surface area (Å²) < 4.78 is 5.33. The molecule has 2 amide bonds. The van der Waals surface area contributed by atoms with Crippen LogP contribution in [0.1, 0.15) is 30.9 Å². The maximum absolute atomic E-state index is 12.7. The van der Waals surface area contributed by atoms with Gasteiger partial charge in [0.1, 0.15) is 6.04 Å². The fourth-order valence-corrected chi connectivity index (χ4v) is 3.60. The average molecular weight is 330 g/mol. The summed E-state index contributed by atoms with van der Waals surface area (Å²) in [5, 5.41) is 0. The van der Waals surface area contributed by atoms with Gasteiger partial charge in [0.25, 0.3) is 0 Å². The summed E-state index contributed by atoms with van der Waals surface area (Å²) in [6, 6.07) is 7.85. The monoisotopic (exact) mass is 330 g/mol. The van der Waals surface area contributed by atoms with Crippen molar-refractivity contribution in [1.82, 2.24) is 9.80 Å². The van der Waals surface area contributed by atoms with E-state index in [1.165, 1.54) is 5.56 Å². The van der Waals surface area contributed by atoms with Gasteiger partial charge in [0.05, 0.1) is 0 Å². The van der Waals surface area contributed by atoms with Gasteiger partial charge in [0.15, 0.2) is 0 Å². The molecule has 2 saturated heterocycles. The van der Waals surface area contributed by atoms with Crippen LogP contribution in [0.15, 0.2) is 24.3 Å². The van der Waals surface area contributed by atoms with Crippen molar-refractivity contribution in [3.05, 3.63) is 35.4 Å². The molecule has 1 aromatic carbocycles. The molecule has 0 unspecified atom stereocenters. The van der Waals surface area contributed by atoms with Crippen molar-refractivity contribution in [2.75, 3.05) is 26.3 Å². The Kier molecular flexibility index (Phi) is 5.19. The largest absolute Gasteiger partial charge is 0.381 e. The highest BCUT2D eigenvalue weighted by Crippen LogP contribution is 2.22. The SMILES string of the molecule is Cc1cccc(CN2CCN(C(=O)C3CCOCC3)[C@H](C)C2=O)c1. The summed E-state index contributed by atoms with van der Waals surface area (Å²) in [4.78, 5) is 29.1. The van der Waals surface area contributed by atoms with Gasteiger partial charge >= 0.3 is 0 Å². The lowest BCUT2D eigenvalue weighted by Crippen LogP contribution is -2.58. The minimum Gasteiger partial charge on any atom is -0.381 e. The predicted octanol–water partition coefficient (Wildman–Crippen LogP) is 1.98. The zero-order valence-electron chi connectivity index (χ0n) is 14.5. The minimum atomic E-state index is -0.376. The van der Waals surface area contributed by atoms with Gasteiger partial charge in [-0.05, 0) is 32.3 Å². The van der Waals surface area contributed by atoms with Gasteiger partial charge in [-0.2, -0.15) is 0 Å². The standard InChI is InChI=1S/C19H26N2O3/c1-14-4-3-5-16(12-14)13-20-8-9-21(15(2)18(20)22)19(23)17-6-10-24-11-7-17/h3-5,12,15,17H,6-11,13H2,1-2H3/t15-/m1/s1. The number of carbonyl (C=O) groups excluding carboxylic acids is 2. The third-order valence-corrected chi connectivity index (χ3v) is 5.06. The summed E-state index contributed by atoms with van der Waals surface area (Å²) in [5.41, 5.74) is 2.33. The van der Waals surface area contributed by atoms with Crippen LogP contribution in [0, 0.1) is 12.8 Å².